The van der Waals surface area contributed by atoms with E-state index in [0.29, 0.717) is 16.9 Å². The van der Waals surface area contributed by atoms with Crippen LogP contribution in [0.2, 0.25) is 5.02 Å². The van der Waals surface area contributed by atoms with Crippen molar-refractivity contribution in [3.05, 3.63) is 28.8 Å². The molecule has 1 saturated carbocycles. The number of hydrogen-bond acceptors (Lipinski definition) is 2. The highest BCUT2D eigenvalue weighted by atomic mass is 35.5. The fraction of sp³-hybridized carbons (Fsp3) is 0.533. The van der Waals surface area contributed by atoms with Gasteiger partial charge in [-0.3, -0.25) is 4.79 Å². The molecule has 0 heterocycles. The first-order valence-electron chi connectivity index (χ1n) is 6.78. The topological polar surface area (TPSA) is 49.3 Å². The summed E-state index contributed by atoms with van der Waals surface area (Å²) >= 11 is 5.86. The van der Waals surface area contributed by atoms with Gasteiger partial charge in [0.1, 0.15) is 5.75 Å². The monoisotopic (exact) mass is 281 g/mol. The van der Waals surface area contributed by atoms with Gasteiger partial charge in [-0.05, 0) is 36.5 Å². The lowest BCUT2D eigenvalue weighted by Crippen LogP contribution is -2.43. The molecule has 3 atom stereocenters. The number of rotatable bonds is 2. The number of phenols is 1. The summed E-state index contributed by atoms with van der Waals surface area (Å²) in [6.45, 7) is 4.40. The first-order valence-corrected chi connectivity index (χ1v) is 7.16. The van der Waals surface area contributed by atoms with Crippen LogP contribution in [0.15, 0.2) is 18.2 Å². The van der Waals surface area contributed by atoms with Crippen LogP contribution in [0, 0.1) is 11.8 Å². The third-order valence-corrected chi connectivity index (χ3v) is 4.46. The molecule has 1 fully saturated rings. The summed E-state index contributed by atoms with van der Waals surface area (Å²) < 4.78 is 0. The summed E-state index contributed by atoms with van der Waals surface area (Å²) in [4.78, 5) is 12.2. The van der Waals surface area contributed by atoms with Gasteiger partial charge in [0.15, 0.2) is 0 Å². The molecule has 1 aliphatic rings. The lowest BCUT2D eigenvalue weighted by molar-refractivity contribution is 0.0888. The average Bonchev–Trinajstić information content (AvgIpc) is 2.38. The van der Waals surface area contributed by atoms with Gasteiger partial charge in [-0.15, -0.1) is 0 Å². The van der Waals surface area contributed by atoms with Gasteiger partial charge in [0.05, 0.1) is 5.56 Å². The number of carbonyl (C=O) groups excluding carboxylic acids is 1. The van der Waals surface area contributed by atoms with Crippen molar-refractivity contribution in [2.75, 3.05) is 0 Å². The highest BCUT2D eigenvalue weighted by Crippen LogP contribution is 2.30. The van der Waals surface area contributed by atoms with Gasteiger partial charge in [0, 0.05) is 11.1 Å². The van der Waals surface area contributed by atoms with Crippen LogP contribution in [0.5, 0.6) is 5.75 Å². The molecule has 19 heavy (non-hydrogen) atoms. The summed E-state index contributed by atoms with van der Waals surface area (Å²) in [7, 11) is 0. The predicted molar refractivity (Wildman–Crippen MR) is 76.6 cm³/mol. The molecule has 1 aromatic carbocycles. The van der Waals surface area contributed by atoms with Gasteiger partial charge in [-0.2, -0.15) is 0 Å². The number of halogens is 1. The molecule has 1 aromatic rings. The molecule has 104 valence electrons. The lowest BCUT2D eigenvalue weighted by Gasteiger charge is -2.34. The second-order valence-electron chi connectivity index (χ2n) is 5.51. The second kappa shape index (κ2) is 5.83. The molecule has 4 heteroatoms. The Kier molecular flexibility index (Phi) is 4.35. The third kappa shape index (κ3) is 3.21. The van der Waals surface area contributed by atoms with Crippen LogP contribution in [0.3, 0.4) is 0 Å². The molecule has 1 aliphatic carbocycles. The molecule has 1 amide bonds. The quantitative estimate of drug-likeness (QED) is 0.870. The molecule has 0 aliphatic heterocycles. The first-order chi connectivity index (χ1) is 8.99. The number of benzene rings is 1. The van der Waals surface area contributed by atoms with Gasteiger partial charge >= 0.3 is 0 Å². The Balaban J connectivity index is 2.10. The van der Waals surface area contributed by atoms with Crippen molar-refractivity contribution in [1.29, 1.82) is 0 Å². The zero-order valence-electron chi connectivity index (χ0n) is 11.3. The Bertz CT molecular complexity index is 475. The van der Waals surface area contributed by atoms with E-state index in [-0.39, 0.29) is 23.3 Å². The maximum Gasteiger partial charge on any atom is 0.255 e. The van der Waals surface area contributed by atoms with Crippen LogP contribution < -0.4 is 5.32 Å². The molecule has 3 nitrogen and oxygen atoms in total. The number of nitrogens with one attached hydrogen (secondary N) is 1. The Morgan fingerprint density at radius 2 is 2.11 bits per heavy atom. The summed E-state index contributed by atoms with van der Waals surface area (Å²) in [5.74, 6) is 0.801. The van der Waals surface area contributed by atoms with Crippen molar-refractivity contribution in [3.63, 3.8) is 0 Å². The van der Waals surface area contributed by atoms with E-state index in [1.807, 2.05) is 0 Å². The molecule has 0 saturated heterocycles. The summed E-state index contributed by atoms with van der Waals surface area (Å²) in [5, 5.41) is 13.2. The normalized spacial score (nSPS) is 27.0. The number of carbonyl (C=O) groups is 1. The van der Waals surface area contributed by atoms with Gasteiger partial charge in [0.25, 0.3) is 5.91 Å². The van der Waals surface area contributed by atoms with Gasteiger partial charge in [-0.1, -0.05) is 38.3 Å². The van der Waals surface area contributed by atoms with Crippen molar-refractivity contribution in [3.8, 4) is 5.75 Å². The Labute approximate surface area is 119 Å². The van der Waals surface area contributed by atoms with Crippen molar-refractivity contribution in [2.45, 2.75) is 39.2 Å². The van der Waals surface area contributed by atoms with E-state index in [9.17, 15) is 9.90 Å². The molecule has 3 unspecified atom stereocenters. The fourth-order valence-corrected chi connectivity index (χ4v) is 2.89. The Morgan fingerprint density at radius 1 is 1.37 bits per heavy atom. The molecule has 2 N–H and O–H groups in total. The van der Waals surface area contributed by atoms with E-state index in [4.69, 9.17) is 11.6 Å². The minimum Gasteiger partial charge on any atom is -0.507 e. The zero-order chi connectivity index (χ0) is 14.0. The number of phenolic OH excluding ortho intramolecular Hbond substituents is 1. The third-order valence-electron chi connectivity index (χ3n) is 4.23. The predicted octanol–water partition coefficient (Wildman–Crippen LogP) is 3.60. The summed E-state index contributed by atoms with van der Waals surface area (Å²) in [6, 6.07) is 4.70. The standard InChI is InChI=1S/C15H20ClNO2/c1-9-4-3-5-13(10(9)2)17-15(19)12-8-11(16)6-7-14(12)18/h6-10,13,18H,3-5H2,1-2H3,(H,17,19). The van der Waals surface area contributed by atoms with E-state index in [1.54, 1.807) is 6.07 Å². The van der Waals surface area contributed by atoms with Crippen molar-refractivity contribution in [2.24, 2.45) is 11.8 Å². The zero-order valence-corrected chi connectivity index (χ0v) is 12.1. The largest absolute Gasteiger partial charge is 0.507 e. The SMILES string of the molecule is CC1CCCC(NC(=O)c2cc(Cl)ccc2O)C1C. The highest BCUT2D eigenvalue weighted by molar-refractivity contribution is 6.31. The number of hydrogen-bond donors (Lipinski definition) is 2. The second-order valence-corrected chi connectivity index (χ2v) is 5.95. The van der Waals surface area contributed by atoms with Crippen LogP contribution >= 0.6 is 11.6 Å². The molecule has 0 aromatic heterocycles. The highest BCUT2D eigenvalue weighted by Gasteiger charge is 2.28. The fourth-order valence-electron chi connectivity index (χ4n) is 2.72. The van der Waals surface area contributed by atoms with Crippen LogP contribution in [-0.2, 0) is 0 Å². The van der Waals surface area contributed by atoms with Gasteiger partial charge in [-0.25, -0.2) is 0 Å². The number of aromatic hydroxyl groups is 1. The van der Waals surface area contributed by atoms with Crippen molar-refractivity contribution < 1.29 is 9.90 Å². The molecule has 0 spiro atoms. The van der Waals surface area contributed by atoms with Crippen LogP contribution in [0.1, 0.15) is 43.5 Å². The number of amides is 1. The van der Waals surface area contributed by atoms with Gasteiger partial charge in [0.2, 0.25) is 0 Å². The maximum atomic E-state index is 12.2. The summed E-state index contributed by atoms with van der Waals surface area (Å²) in [6.07, 6.45) is 3.35. The van der Waals surface area contributed by atoms with E-state index < -0.39 is 0 Å². The molecule has 0 radical (unpaired) electrons. The Morgan fingerprint density at radius 3 is 2.84 bits per heavy atom. The van der Waals surface area contributed by atoms with Crippen LogP contribution in [0.4, 0.5) is 0 Å². The van der Waals surface area contributed by atoms with Crippen molar-refractivity contribution >= 4 is 17.5 Å². The molecule has 2 rings (SSSR count). The van der Waals surface area contributed by atoms with E-state index in [1.165, 1.54) is 18.6 Å². The molecule has 0 bridgehead atoms. The maximum absolute atomic E-state index is 12.2. The molecular formula is C15H20ClNO2. The molecular weight excluding hydrogens is 262 g/mol. The minimum absolute atomic E-state index is 0.0292. The van der Waals surface area contributed by atoms with E-state index in [2.05, 4.69) is 19.2 Å². The van der Waals surface area contributed by atoms with Crippen LogP contribution in [-0.4, -0.2) is 17.1 Å². The first kappa shape index (κ1) is 14.2. The lowest BCUT2D eigenvalue weighted by atomic mass is 9.78. The Hall–Kier alpha value is -1.22. The van der Waals surface area contributed by atoms with Crippen molar-refractivity contribution in [1.82, 2.24) is 5.32 Å². The summed E-state index contributed by atoms with van der Waals surface area (Å²) in [5.41, 5.74) is 0.248. The minimum atomic E-state index is -0.244. The smallest absolute Gasteiger partial charge is 0.255 e. The van der Waals surface area contributed by atoms with E-state index >= 15 is 0 Å². The van der Waals surface area contributed by atoms with E-state index in [0.717, 1.165) is 12.8 Å². The van der Waals surface area contributed by atoms with Gasteiger partial charge < -0.3 is 10.4 Å². The van der Waals surface area contributed by atoms with Crippen LogP contribution in [0.25, 0.3) is 0 Å². The average molecular weight is 282 g/mol.